The van der Waals surface area contributed by atoms with Gasteiger partial charge in [0.25, 0.3) is 11.8 Å². The van der Waals surface area contributed by atoms with Gasteiger partial charge in [-0.25, -0.2) is 13.9 Å². The Morgan fingerprint density at radius 1 is 0.675 bits per heavy atom. The van der Waals surface area contributed by atoms with Gasteiger partial charge in [0.15, 0.2) is 0 Å². The molecule has 2 amide bonds. The summed E-state index contributed by atoms with van der Waals surface area (Å²) >= 11 is 0. The van der Waals surface area contributed by atoms with E-state index >= 15 is 0 Å². The molecule has 0 spiro atoms. The molecule has 0 rings (SSSR count). The lowest BCUT2D eigenvalue weighted by atomic mass is 10.3. The van der Waals surface area contributed by atoms with Gasteiger partial charge in [0.1, 0.15) is 0 Å². The molecule has 0 saturated carbocycles. The van der Waals surface area contributed by atoms with Crippen LogP contribution < -0.4 is 10.6 Å². The Labute approximate surface area is 223 Å². The average Bonchev–Trinajstić information content (AvgIpc) is 2.69. The molecule has 0 radical (unpaired) electrons. The number of amides is 2. The van der Waals surface area contributed by atoms with Gasteiger partial charge >= 0.3 is 36.1 Å². The molecule has 0 aromatic rings. The van der Waals surface area contributed by atoms with E-state index in [1.165, 1.54) is 6.92 Å². The maximum atomic E-state index is 13.7. The zero-order chi connectivity index (χ0) is 32.5. The molecule has 18 heteroatoms. The van der Waals surface area contributed by atoms with Crippen molar-refractivity contribution in [2.45, 2.75) is 83.9 Å². The van der Waals surface area contributed by atoms with Crippen LogP contribution in [0.4, 0.5) is 43.9 Å². The van der Waals surface area contributed by atoms with Crippen LogP contribution in [0, 0.1) is 0 Å². The molecule has 0 aromatic heterocycles. The number of alkyl halides is 10. The smallest absolute Gasteiger partial charge is 0.401 e. The normalized spacial score (nSPS) is 15.4. The molecule has 234 valence electrons. The molecular formula is C22H30F10N2O6. The van der Waals surface area contributed by atoms with Crippen LogP contribution >= 0.6 is 0 Å². The Hall–Kier alpha value is -2.89. The number of hydrogen-bond donors (Lipinski definition) is 2. The first kappa shape index (κ1) is 39.3. The van der Waals surface area contributed by atoms with E-state index < -0.39 is 53.7 Å². The van der Waals surface area contributed by atoms with Crippen LogP contribution in [0.3, 0.4) is 0 Å². The fraction of sp³-hybridized carbons (Fsp3) is 0.682. The number of hydrogen-bond acceptors (Lipinski definition) is 6. The van der Waals surface area contributed by atoms with Crippen molar-refractivity contribution < 1.29 is 72.5 Å². The third kappa shape index (κ3) is 14.0. The Morgan fingerprint density at radius 2 is 1.07 bits per heavy atom. The molecule has 0 aliphatic rings. The minimum Gasteiger partial charge on any atom is -0.401 e. The zero-order valence-corrected chi connectivity index (χ0v) is 22.3. The van der Waals surface area contributed by atoms with Gasteiger partial charge in [0.2, 0.25) is 5.91 Å². The minimum atomic E-state index is -5.15. The summed E-state index contributed by atoms with van der Waals surface area (Å²) in [5.41, 5.74) is -0.0365. The second-order valence-corrected chi connectivity index (χ2v) is 8.58. The highest BCUT2D eigenvalue weighted by Gasteiger charge is 2.60. The number of halogens is 10. The largest absolute Gasteiger partial charge is 0.424 e. The van der Waals surface area contributed by atoms with E-state index in [9.17, 15) is 58.3 Å². The third-order valence-electron chi connectivity index (χ3n) is 3.99. The molecule has 0 heterocycles. The highest BCUT2D eigenvalue weighted by atomic mass is 19.3. The third-order valence-corrected chi connectivity index (χ3v) is 3.99. The number of carbonyl (C=O) groups is 3. The van der Waals surface area contributed by atoms with Crippen molar-refractivity contribution in [3.8, 4) is 0 Å². The minimum absolute atomic E-state index is 0.110. The van der Waals surface area contributed by atoms with Gasteiger partial charge in [0.05, 0.1) is 0 Å². The topological polar surface area (TPSA) is 103 Å². The van der Waals surface area contributed by atoms with Gasteiger partial charge in [-0.15, -0.1) is 0 Å². The molecule has 0 aliphatic heterocycles. The van der Waals surface area contributed by atoms with E-state index in [2.05, 4.69) is 32.7 Å². The molecule has 40 heavy (non-hydrogen) atoms. The van der Waals surface area contributed by atoms with E-state index in [0.29, 0.717) is 6.92 Å². The van der Waals surface area contributed by atoms with Crippen molar-refractivity contribution in [1.29, 1.82) is 0 Å². The Bertz CT molecular complexity index is 928. The van der Waals surface area contributed by atoms with E-state index in [1.807, 2.05) is 5.32 Å². The first-order valence-electron chi connectivity index (χ1n) is 10.9. The van der Waals surface area contributed by atoms with Crippen LogP contribution in [-0.2, 0) is 28.6 Å². The molecule has 0 aliphatic carbocycles. The van der Waals surface area contributed by atoms with E-state index in [4.69, 9.17) is 0 Å². The van der Waals surface area contributed by atoms with Crippen molar-refractivity contribution in [2.75, 3.05) is 13.1 Å². The molecule has 2 N–H and O–H groups in total. The fourth-order valence-electron chi connectivity index (χ4n) is 1.77. The van der Waals surface area contributed by atoms with E-state index in [0.717, 1.165) is 6.92 Å². The van der Waals surface area contributed by atoms with Gasteiger partial charge in [-0.2, -0.15) is 39.5 Å². The van der Waals surface area contributed by atoms with Gasteiger partial charge in [0, 0.05) is 51.9 Å². The number of carbonyl (C=O) groups excluding carboxylic acids is 3. The first-order valence-corrected chi connectivity index (χ1v) is 10.9. The molecule has 0 saturated heterocycles. The summed E-state index contributed by atoms with van der Waals surface area (Å²) in [6.45, 7) is 9.19. The lowest BCUT2D eigenvalue weighted by molar-refractivity contribution is -0.439. The quantitative estimate of drug-likeness (QED) is 0.0931. The monoisotopic (exact) mass is 608 g/mol. The molecule has 8 nitrogen and oxygen atoms in total. The molecule has 0 fully saturated rings. The van der Waals surface area contributed by atoms with Crippen molar-refractivity contribution in [2.24, 2.45) is 0 Å². The predicted molar refractivity (Wildman–Crippen MR) is 119 cm³/mol. The predicted octanol–water partition coefficient (Wildman–Crippen LogP) is 5.15. The summed E-state index contributed by atoms with van der Waals surface area (Å²) in [5, 5.41) is 4.33. The van der Waals surface area contributed by atoms with Crippen LogP contribution in [0.2, 0.25) is 0 Å². The Balaban J connectivity index is 0. The van der Waals surface area contributed by atoms with Crippen LogP contribution in [0.1, 0.15) is 48.0 Å². The maximum absolute atomic E-state index is 13.7. The first-order chi connectivity index (χ1) is 17.5. The molecular weight excluding hydrogens is 578 g/mol. The highest BCUT2D eigenvalue weighted by molar-refractivity contribution is 5.92. The summed E-state index contributed by atoms with van der Waals surface area (Å²) < 4.78 is 138. The zero-order valence-electron chi connectivity index (χ0n) is 22.3. The van der Waals surface area contributed by atoms with Crippen LogP contribution in [0.5, 0.6) is 0 Å². The van der Waals surface area contributed by atoms with Gasteiger partial charge in [-0.3, -0.25) is 14.3 Å². The van der Waals surface area contributed by atoms with Crippen LogP contribution in [0.25, 0.3) is 0 Å². The van der Waals surface area contributed by atoms with Gasteiger partial charge < -0.3 is 15.4 Å². The van der Waals surface area contributed by atoms with E-state index in [1.54, 1.807) is 0 Å². The SMILES string of the molecule is C=C(C)C(=O)NCCCNC(=O)C(C)(F)OC(F)(F)C(C)(F)F.C=C(C)C(=O)OC(C)(F)OC(F)(F)C(C)(F)F. The highest BCUT2D eigenvalue weighted by Crippen LogP contribution is 2.39. The molecule has 0 aromatic carbocycles. The van der Waals surface area contributed by atoms with Crippen molar-refractivity contribution >= 4 is 17.8 Å². The number of rotatable bonds is 14. The number of ether oxygens (including phenoxy) is 3. The standard InChI is InChI=1S/C13H19F5N2O3.C9H11F5O3/c1-8(2)9(21)19-6-5-7-20-10(22)11(3,14)23-13(17,18)12(4,15)16;1-5(2)6(15)16-8(4,12)17-9(13,14)7(3,10)11/h1,5-7H2,2-4H3,(H,19,21)(H,20,22);1H2,2-4H3. The summed E-state index contributed by atoms with van der Waals surface area (Å²) in [5.74, 6) is -16.4. The maximum Gasteiger partial charge on any atom is 0.424 e. The van der Waals surface area contributed by atoms with Gasteiger partial charge in [-0.1, -0.05) is 13.2 Å². The molecule has 2 unspecified atom stereocenters. The summed E-state index contributed by atoms with van der Waals surface area (Å²) in [6.07, 6.45) is -10.1. The Morgan fingerprint density at radius 3 is 1.45 bits per heavy atom. The number of nitrogens with one attached hydrogen (secondary N) is 2. The van der Waals surface area contributed by atoms with Gasteiger partial charge in [-0.05, 0) is 20.3 Å². The summed E-state index contributed by atoms with van der Waals surface area (Å²) in [7, 11) is 0. The number of esters is 1. The summed E-state index contributed by atoms with van der Waals surface area (Å²) in [6, 6.07) is -3.70. The fourth-order valence-corrected chi connectivity index (χ4v) is 1.77. The second kappa shape index (κ2) is 14.1. The lowest BCUT2D eigenvalue weighted by Crippen LogP contribution is -2.52. The van der Waals surface area contributed by atoms with Crippen molar-refractivity contribution in [1.82, 2.24) is 10.6 Å². The van der Waals surface area contributed by atoms with E-state index in [-0.39, 0.29) is 51.4 Å². The second-order valence-electron chi connectivity index (χ2n) is 8.58. The molecule has 2 atom stereocenters. The summed E-state index contributed by atoms with van der Waals surface area (Å²) in [4.78, 5) is 33.3. The molecule has 0 bridgehead atoms. The van der Waals surface area contributed by atoms with Crippen molar-refractivity contribution in [3.63, 3.8) is 0 Å². The Kier molecular flexibility index (Phi) is 13.9. The van der Waals surface area contributed by atoms with Crippen LogP contribution in [-0.4, -0.2) is 66.8 Å². The average molecular weight is 608 g/mol. The van der Waals surface area contributed by atoms with Crippen molar-refractivity contribution in [3.05, 3.63) is 24.3 Å². The van der Waals surface area contributed by atoms with Crippen LogP contribution in [0.15, 0.2) is 24.3 Å². The lowest BCUT2D eigenvalue weighted by Gasteiger charge is -2.29.